The number of methoxy groups -OCH3 is 1. The minimum absolute atomic E-state index is 0.126. The van der Waals surface area contributed by atoms with Crippen molar-refractivity contribution in [2.45, 2.75) is 19.9 Å². The molecule has 0 aromatic heterocycles. The van der Waals surface area contributed by atoms with E-state index in [0.29, 0.717) is 11.3 Å². The van der Waals surface area contributed by atoms with Gasteiger partial charge in [-0.05, 0) is 42.3 Å². The lowest BCUT2D eigenvalue weighted by atomic mass is 10.0. The van der Waals surface area contributed by atoms with Crippen LogP contribution >= 0.6 is 0 Å². The molecule has 1 unspecified atom stereocenters. The van der Waals surface area contributed by atoms with E-state index in [2.05, 4.69) is 15.4 Å². The van der Waals surface area contributed by atoms with Crippen LogP contribution in [0.25, 0.3) is 0 Å². The summed E-state index contributed by atoms with van der Waals surface area (Å²) in [5.74, 6) is -2.47. The fraction of sp³-hybridized carbons (Fsp3) is 0.250. The van der Waals surface area contributed by atoms with Crippen LogP contribution in [0.2, 0.25) is 0 Å². The molecule has 2 amide bonds. The van der Waals surface area contributed by atoms with E-state index < -0.39 is 29.6 Å². The van der Waals surface area contributed by atoms with Crippen LogP contribution in [-0.4, -0.2) is 30.9 Å². The Kier molecular flexibility index (Phi) is 6.65. The third-order valence-corrected chi connectivity index (χ3v) is 3.93. The normalized spacial score (nSPS) is 11.6. The van der Waals surface area contributed by atoms with Gasteiger partial charge < -0.3 is 15.4 Å². The molecule has 0 bridgehead atoms. The SMILES string of the molecule is COC(=O)c1ccc(NC(=O)C(NC(=O)c2ccccc2F)C(C)C)cc1. The summed E-state index contributed by atoms with van der Waals surface area (Å²) in [7, 11) is 1.28. The van der Waals surface area contributed by atoms with E-state index in [1.54, 1.807) is 32.0 Å². The molecule has 0 aliphatic rings. The van der Waals surface area contributed by atoms with Gasteiger partial charge in [-0.15, -0.1) is 0 Å². The minimum Gasteiger partial charge on any atom is -0.465 e. The Bertz CT molecular complexity index is 834. The van der Waals surface area contributed by atoms with E-state index in [-0.39, 0.29) is 11.5 Å². The molecule has 0 saturated heterocycles. The maximum absolute atomic E-state index is 13.8. The van der Waals surface area contributed by atoms with Crippen LogP contribution in [0.5, 0.6) is 0 Å². The molecule has 2 aromatic rings. The number of halogens is 1. The van der Waals surface area contributed by atoms with Crippen LogP contribution in [-0.2, 0) is 9.53 Å². The first-order chi connectivity index (χ1) is 12.8. The van der Waals surface area contributed by atoms with Crippen molar-refractivity contribution < 1.29 is 23.5 Å². The lowest BCUT2D eigenvalue weighted by molar-refractivity contribution is -0.118. The third-order valence-electron chi connectivity index (χ3n) is 3.93. The Morgan fingerprint density at radius 3 is 2.19 bits per heavy atom. The molecule has 7 heteroatoms. The Balaban J connectivity index is 2.10. The van der Waals surface area contributed by atoms with Crippen LogP contribution in [0.15, 0.2) is 48.5 Å². The number of esters is 1. The van der Waals surface area contributed by atoms with Crippen molar-refractivity contribution in [3.8, 4) is 0 Å². The largest absolute Gasteiger partial charge is 0.465 e. The van der Waals surface area contributed by atoms with Gasteiger partial charge in [0, 0.05) is 5.69 Å². The highest BCUT2D eigenvalue weighted by Gasteiger charge is 2.25. The summed E-state index contributed by atoms with van der Waals surface area (Å²) in [5.41, 5.74) is 0.681. The number of hydrogen-bond donors (Lipinski definition) is 2. The predicted octanol–water partition coefficient (Wildman–Crippen LogP) is 3.01. The number of nitrogens with one attached hydrogen (secondary N) is 2. The third kappa shape index (κ3) is 5.13. The molecule has 0 aliphatic heterocycles. The molecule has 0 radical (unpaired) electrons. The van der Waals surface area contributed by atoms with E-state index in [1.165, 1.54) is 37.4 Å². The first-order valence-electron chi connectivity index (χ1n) is 8.38. The Morgan fingerprint density at radius 2 is 1.63 bits per heavy atom. The Labute approximate surface area is 156 Å². The molecule has 6 nitrogen and oxygen atoms in total. The number of rotatable bonds is 6. The highest BCUT2D eigenvalue weighted by molar-refractivity contribution is 6.01. The Hall–Kier alpha value is -3.22. The van der Waals surface area contributed by atoms with E-state index in [1.807, 2.05) is 0 Å². The average Bonchev–Trinajstić information content (AvgIpc) is 2.65. The van der Waals surface area contributed by atoms with Gasteiger partial charge in [0.15, 0.2) is 0 Å². The topological polar surface area (TPSA) is 84.5 Å². The standard InChI is InChI=1S/C20H21FN2O4/c1-12(2)17(23-18(24)15-6-4-5-7-16(15)21)19(25)22-14-10-8-13(9-11-14)20(26)27-3/h4-12,17H,1-3H3,(H,22,25)(H,23,24). The summed E-state index contributed by atoms with van der Waals surface area (Å²) in [6, 6.07) is 10.8. The molecular weight excluding hydrogens is 351 g/mol. The smallest absolute Gasteiger partial charge is 0.337 e. The van der Waals surface area contributed by atoms with E-state index >= 15 is 0 Å². The second kappa shape index (κ2) is 8.93. The summed E-state index contributed by atoms with van der Waals surface area (Å²) in [6.45, 7) is 3.54. The van der Waals surface area contributed by atoms with Gasteiger partial charge >= 0.3 is 5.97 Å². The van der Waals surface area contributed by atoms with Crippen LogP contribution in [0.1, 0.15) is 34.6 Å². The van der Waals surface area contributed by atoms with Crippen LogP contribution in [0, 0.1) is 11.7 Å². The van der Waals surface area contributed by atoms with Gasteiger partial charge in [-0.1, -0.05) is 26.0 Å². The van der Waals surface area contributed by atoms with Gasteiger partial charge in [-0.25, -0.2) is 9.18 Å². The number of ether oxygens (including phenoxy) is 1. The van der Waals surface area contributed by atoms with Crippen molar-refractivity contribution in [1.82, 2.24) is 5.32 Å². The van der Waals surface area contributed by atoms with Gasteiger partial charge in [-0.2, -0.15) is 0 Å². The first-order valence-corrected chi connectivity index (χ1v) is 8.38. The van der Waals surface area contributed by atoms with Crippen LogP contribution in [0.4, 0.5) is 10.1 Å². The number of carbonyl (C=O) groups excluding carboxylic acids is 3. The highest BCUT2D eigenvalue weighted by atomic mass is 19.1. The predicted molar refractivity (Wildman–Crippen MR) is 98.9 cm³/mol. The maximum Gasteiger partial charge on any atom is 0.337 e. The number of hydrogen-bond acceptors (Lipinski definition) is 4. The summed E-state index contributed by atoms with van der Waals surface area (Å²) < 4.78 is 18.4. The van der Waals surface area contributed by atoms with Gasteiger partial charge in [0.2, 0.25) is 5.91 Å². The molecule has 2 aromatic carbocycles. The molecule has 0 aliphatic carbocycles. The molecule has 0 heterocycles. The van der Waals surface area contributed by atoms with Crippen LogP contribution in [0.3, 0.4) is 0 Å². The number of carbonyl (C=O) groups is 3. The average molecular weight is 372 g/mol. The summed E-state index contributed by atoms with van der Waals surface area (Å²) in [6.07, 6.45) is 0. The lowest BCUT2D eigenvalue weighted by Gasteiger charge is -2.22. The lowest BCUT2D eigenvalue weighted by Crippen LogP contribution is -2.47. The number of benzene rings is 2. The van der Waals surface area contributed by atoms with Gasteiger partial charge in [0.05, 0.1) is 18.2 Å². The fourth-order valence-electron chi connectivity index (χ4n) is 2.43. The Morgan fingerprint density at radius 1 is 1.00 bits per heavy atom. The van der Waals surface area contributed by atoms with Crippen LogP contribution < -0.4 is 10.6 Å². The van der Waals surface area contributed by atoms with E-state index in [4.69, 9.17) is 0 Å². The van der Waals surface area contributed by atoms with Crippen molar-refractivity contribution >= 4 is 23.5 Å². The molecule has 0 fully saturated rings. The van der Waals surface area contributed by atoms with E-state index in [9.17, 15) is 18.8 Å². The summed E-state index contributed by atoms with van der Waals surface area (Å²) in [5, 5.41) is 5.25. The van der Waals surface area contributed by atoms with Gasteiger partial charge in [0.25, 0.3) is 5.91 Å². The molecule has 2 rings (SSSR count). The fourth-order valence-corrected chi connectivity index (χ4v) is 2.43. The second-order valence-corrected chi connectivity index (χ2v) is 6.23. The molecule has 1 atom stereocenters. The zero-order chi connectivity index (χ0) is 20.0. The molecule has 0 spiro atoms. The second-order valence-electron chi connectivity index (χ2n) is 6.23. The summed E-state index contributed by atoms with van der Waals surface area (Å²) >= 11 is 0. The minimum atomic E-state index is -0.864. The van der Waals surface area contributed by atoms with E-state index in [0.717, 1.165) is 0 Å². The zero-order valence-electron chi connectivity index (χ0n) is 15.3. The highest BCUT2D eigenvalue weighted by Crippen LogP contribution is 2.14. The molecular formula is C20H21FN2O4. The molecule has 27 heavy (non-hydrogen) atoms. The van der Waals surface area contributed by atoms with Crippen molar-refractivity contribution in [3.05, 3.63) is 65.5 Å². The first kappa shape index (κ1) is 20.1. The summed E-state index contributed by atoms with van der Waals surface area (Å²) in [4.78, 5) is 36.3. The molecule has 0 saturated carbocycles. The van der Waals surface area contributed by atoms with Crippen molar-refractivity contribution in [2.24, 2.45) is 5.92 Å². The van der Waals surface area contributed by atoms with Gasteiger partial charge in [0.1, 0.15) is 11.9 Å². The number of amides is 2. The van der Waals surface area contributed by atoms with Gasteiger partial charge in [-0.3, -0.25) is 9.59 Å². The molecule has 2 N–H and O–H groups in total. The van der Waals surface area contributed by atoms with Crippen molar-refractivity contribution in [1.29, 1.82) is 0 Å². The maximum atomic E-state index is 13.8. The monoisotopic (exact) mass is 372 g/mol. The zero-order valence-corrected chi connectivity index (χ0v) is 15.3. The van der Waals surface area contributed by atoms with Crippen molar-refractivity contribution in [2.75, 3.05) is 12.4 Å². The van der Waals surface area contributed by atoms with Crippen molar-refractivity contribution in [3.63, 3.8) is 0 Å². The number of anilines is 1. The quantitative estimate of drug-likeness (QED) is 0.764. The molecule has 142 valence electrons.